The first-order chi connectivity index (χ1) is 18.2. The lowest BCUT2D eigenvalue weighted by Crippen LogP contribution is -2.24. The van der Waals surface area contributed by atoms with Crippen molar-refractivity contribution in [1.29, 1.82) is 0 Å². The molecule has 2 N–H and O–H groups in total. The van der Waals surface area contributed by atoms with Crippen LogP contribution in [0.1, 0.15) is 41.4 Å². The summed E-state index contributed by atoms with van der Waals surface area (Å²) in [5.41, 5.74) is 0.815. The highest BCUT2D eigenvalue weighted by Crippen LogP contribution is 2.34. The van der Waals surface area contributed by atoms with Gasteiger partial charge in [0.1, 0.15) is 0 Å². The molecule has 0 saturated heterocycles. The van der Waals surface area contributed by atoms with E-state index in [-0.39, 0.29) is 33.6 Å². The summed E-state index contributed by atoms with van der Waals surface area (Å²) in [5, 5.41) is 5.39. The molecule has 11 heteroatoms. The van der Waals surface area contributed by atoms with Crippen molar-refractivity contribution in [1.82, 2.24) is 4.90 Å². The van der Waals surface area contributed by atoms with Gasteiger partial charge in [0.05, 0.1) is 45.3 Å². The molecule has 0 spiro atoms. The molecule has 0 unspecified atom stereocenters. The van der Waals surface area contributed by atoms with E-state index in [2.05, 4.69) is 10.6 Å². The average molecular weight is 520 g/mol. The Balaban J connectivity index is 1.69. The van der Waals surface area contributed by atoms with Gasteiger partial charge in [0.2, 0.25) is 0 Å². The Morgan fingerprint density at radius 3 is 1.66 bits per heavy atom. The standard InChI is InChI=1S/C27H25N3O8/c1-30-26(33)17-12-16(28-24(31)14-6-8-19(35-2)21(10-14)37-4)13-18(23(17)27(30)34)29-25(32)15-7-9-20(36-3)22(11-15)38-5/h6-13H,1-5H3,(H,28,31)(H,29,32). The number of benzene rings is 3. The molecule has 38 heavy (non-hydrogen) atoms. The Hall–Kier alpha value is -5.06. The zero-order valence-electron chi connectivity index (χ0n) is 21.3. The van der Waals surface area contributed by atoms with E-state index in [9.17, 15) is 19.2 Å². The number of hydrogen-bond acceptors (Lipinski definition) is 8. The van der Waals surface area contributed by atoms with Gasteiger partial charge in [0.15, 0.2) is 23.0 Å². The van der Waals surface area contributed by atoms with E-state index in [1.165, 1.54) is 65.8 Å². The minimum Gasteiger partial charge on any atom is -0.493 e. The Bertz CT molecular complexity index is 1470. The van der Waals surface area contributed by atoms with E-state index >= 15 is 0 Å². The van der Waals surface area contributed by atoms with Gasteiger partial charge in [-0.3, -0.25) is 24.1 Å². The molecule has 3 aromatic rings. The first-order valence-corrected chi connectivity index (χ1v) is 11.3. The second-order valence-electron chi connectivity index (χ2n) is 8.16. The first-order valence-electron chi connectivity index (χ1n) is 11.3. The van der Waals surface area contributed by atoms with Crippen LogP contribution in [0.2, 0.25) is 0 Å². The molecule has 4 rings (SSSR count). The molecule has 4 amide bonds. The van der Waals surface area contributed by atoms with Gasteiger partial charge in [-0.15, -0.1) is 0 Å². The third kappa shape index (κ3) is 4.69. The molecule has 1 aliphatic rings. The fourth-order valence-corrected chi connectivity index (χ4v) is 4.01. The van der Waals surface area contributed by atoms with Crippen LogP contribution in [0.15, 0.2) is 48.5 Å². The summed E-state index contributed by atoms with van der Waals surface area (Å²) in [6, 6.07) is 12.0. The van der Waals surface area contributed by atoms with E-state index in [1.54, 1.807) is 18.2 Å². The normalized spacial score (nSPS) is 12.1. The summed E-state index contributed by atoms with van der Waals surface area (Å²) >= 11 is 0. The molecule has 1 aliphatic heterocycles. The maximum Gasteiger partial charge on any atom is 0.263 e. The maximum absolute atomic E-state index is 13.1. The van der Waals surface area contributed by atoms with E-state index in [4.69, 9.17) is 18.9 Å². The number of rotatable bonds is 8. The summed E-state index contributed by atoms with van der Waals surface area (Å²) < 4.78 is 20.9. The van der Waals surface area contributed by atoms with Crippen molar-refractivity contribution < 1.29 is 38.1 Å². The molecule has 0 atom stereocenters. The van der Waals surface area contributed by atoms with Crippen LogP contribution in [0.25, 0.3) is 0 Å². The molecule has 1 heterocycles. The molecule has 0 aromatic heterocycles. The van der Waals surface area contributed by atoms with Crippen LogP contribution in [-0.4, -0.2) is 64.0 Å². The van der Waals surface area contributed by atoms with Gasteiger partial charge in [0.25, 0.3) is 23.6 Å². The number of ether oxygens (including phenoxy) is 4. The number of nitrogens with one attached hydrogen (secondary N) is 2. The molecular weight excluding hydrogens is 494 g/mol. The van der Waals surface area contributed by atoms with Crippen molar-refractivity contribution >= 4 is 35.0 Å². The zero-order valence-corrected chi connectivity index (χ0v) is 21.3. The second-order valence-corrected chi connectivity index (χ2v) is 8.16. The van der Waals surface area contributed by atoms with Crippen LogP contribution in [-0.2, 0) is 0 Å². The molecular formula is C27H25N3O8. The number of imide groups is 1. The van der Waals surface area contributed by atoms with Gasteiger partial charge in [0, 0.05) is 23.9 Å². The van der Waals surface area contributed by atoms with Crippen molar-refractivity contribution in [2.45, 2.75) is 0 Å². The minimum absolute atomic E-state index is 0.0236. The van der Waals surface area contributed by atoms with Gasteiger partial charge < -0.3 is 29.6 Å². The molecule has 0 radical (unpaired) electrons. The number of hydrogen-bond donors (Lipinski definition) is 2. The summed E-state index contributed by atoms with van der Waals surface area (Å²) in [5.74, 6) is -0.619. The average Bonchev–Trinajstić information content (AvgIpc) is 3.15. The van der Waals surface area contributed by atoms with E-state index in [0.29, 0.717) is 23.0 Å². The number of fused-ring (bicyclic) bond motifs is 1. The summed E-state index contributed by atoms with van der Waals surface area (Å²) in [6.45, 7) is 0. The SMILES string of the molecule is COc1ccc(C(=O)Nc2cc(NC(=O)c3ccc(OC)c(OC)c3)c3c(c2)C(=O)N(C)C3=O)cc1OC. The highest BCUT2D eigenvalue weighted by Gasteiger charge is 2.36. The molecule has 3 aromatic carbocycles. The van der Waals surface area contributed by atoms with Crippen LogP contribution in [0.3, 0.4) is 0 Å². The maximum atomic E-state index is 13.1. The minimum atomic E-state index is -0.578. The lowest BCUT2D eigenvalue weighted by atomic mass is 10.0. The highest BCUT2D eigenvalue weighted by molar-refractivity contribution is 6.25. The number of nitrogens with zero attached hydrogens (tertiary/aromatic N) is 1. The summed E-state index contributed by atoms with van der Waals surface area (Å²) in [6.07, 6.45) is 0. The topological polar surface area (TPSA) is 132 Å². The van der Waals surface area contributed by atoms with Crippen LogP contribution in [0.5, 0.6) is 23.0 Å². The van der Waals surface area contributed by atoms with Gasteiger partial charge >= 0.3 is 0 Å². The van der Waals surface area contributed by atoms with Gasteiger partial charge in [-0.2, -0.15) is 0 Å². The molecule has 0 aliphatic carbocycles. The lowest BCUT2D eigenvalue weighted by Gasteiger charge is -2.14. The summed E-state index contributed by atoms with van der Waals surface area (Å²) in [4.78, 5) is 52.6. The third-order valence-electron chi connectivity index (χ3n) is 5.99. The number of anilines is 2. The van der Waals surface area contributed by atoms with Gasteiger partial charge in [-0.05, 0) is 48.5 Å². The number of carbonyl (C=O) groups excluding carboxylic acids is 4. The molecule has 11 nitrogen and oxygen atoms in total. The van der Waals surface area contributed by atoms with Crippen LogP contribution >= 0.6 is 0 Å². The zero-order chi connectivity index (χ0) is 27.6. The predicted octanol–water partition coefficient (Wildman–Crippen LogP) is 3.45. The fraction of sp³-hybridized carbons (Fsp3) is 0.185. The van der Waals surface area contributed by atoms with Crippen molar-refractivity contribution in [2.24, 2.45) is 0 Å². The lowest BCUT2D eigenvalue weighted by molar-refractivity contribution is 0.0693. The molecule has 0 bridgehead atoms. The third-order valence-corrected chi connectivity index (χ3v) is 5.99. The molecule has 196 valence electrons. The predicted molar refractivity (Wildman–Crippen MR) is 138 cm³/mol. The van der Waals surface area contributed by atoms with Crippen molar-refractivity contribution in [2.75, 3.05) is 46.1 Å². The van der Waals surface area contributed by atoms with Crippen LogP contribution in [0.4, 0.5) is 11.4 Å². The summed E-state index contributed by atoms with van der Waals surface area (Å²) in [7, 11) is 7.19. The van der Waals surface area contributed by atoms with Crippen LogP contribution < -0.4 is 29.6 Å². The number of methoxy groups -OCH3 is 4. The second kappa shape index (κ2) is 10.5. The fourth-order valence-electron chi connectivity index (χ4n) is 4.01. The van der Waals surface area contributed by atoms with Crippen molar-refractivity contribution in [3.05, 3.63) is 70.8 Å². The number of amides is 4. The van der Waals surface area contributed by atoms with Gasteiger partial charge in [-0.25, -0.2) is 0 Å². The van der Waals surface area contributed by atoms with E-state index < -0.39 is 23.6 Å². The Labute approximate surface area is 218 Å². The van der Waals surface area contributed by atoms with Crippen LogP contribution in [0, 0.1) is 0 Å². The first kappa shape index (κ1) is 26.0. The molecule has 0 fully saturated rings. The van der Waals surface area contributed by atoms with Gasteiger partial charge in [-0.1, -0.05) is 0 Å². The largest absolute Gasteiger partial charge is 0.493 e. The highest BCUT2D eigenvalue weighted by atomic mass is 16.5. The molecule has 0 saturated carbocycles. The monoisotopic (exact) mass is 519 g/mol. The van der Waals surface area contributed by atoms with Crippen molar-refractivity contribution in [3.8, 4) is 23.0 Å². The quantitative estimate of drug-likeness (QED) is 0.433. The van der Waals surface area contributed by atoms with E-state index in [1.807, 2.05) is 0 Å². The van der Waals surface area contributed by atoms with E-state index in [0.717, 1.165) is 4.90 Å². The van der Waals surface area contributed by atoms with Crippen molar-refractivity contribution in [3.63, 3.8) is 0 Å². The number of carbonyl (C=O) groups is 4. The Morgan fingerprint density at radius 2 is 1.16 bits per heavy atom. The Morgan fingerprint density at radius 1 is 0.658 bits per heavy atom. The smallest absolute Gasteiger partial charge is 0.263 e. The Kier molecular flexibility index (Phi) is 7.19.